The first kappa shape index (κ1) is 21.1. The minimum Gasteiger partial charge on any atom is -0.494 e. The molecule has 6 nitrogen and oxygen atoms in total. The summed E-state index contributed by atoms with van der Waals surface area (Å²) in [4.78, 5) is 12.7. The second-order valence-corrected chi connectivity index (χ2v) is 8.39. The Labute approximate surface area is 165 Å². The lowest BCUT2D eigenvalue weighted by Gasteiger charge is -2.28. The number of benzene rings is 2. The van der Waals surface area contributed by atoms with Crippen molar-refractivity contribution in [1.82, 2.24) is 0 Å². The van der Waals surface area contributed by atoms with E-state index in [2.05, 4.69) is 5.32 Å². The number of halogens is 1. The van der Waals surface area contributed by atoms with E-state index in [0.29, 0.717) is 28.8 Å². The van der Waals surface area contributed by atoms with Crippen LogP contribution < -0.4 is 14.4 Å². The van der Waals surface area contributed by atoms with Gasteiger partial charge >= 0.3 is 0 Å². The molecule has 0 aliphatic carbocycles. The first-order chi connectivity index (χ1) is 12.6. The van der Waals surface area contributed by atoms with Crippen LogP contribution in [-0.2, 0) is 14.8 Å². The van der Waals surface area contributed by atoms with E-state index in [0.717, 1.165) is 16.1 Å². The third-order valence-electron chi connectivity index (χ3n) is 3.91. The fourth-order valence-electron chi connectivity index (χ4n) is 2.60. The van der Waals surface area contributed by atoms with Crippen LogP contribution in [0.3, 0.4) is 0 Å². The largest absolute Gasteiger partial charge is 0.494 e. The summed E-state index contributed by atoms with van der Waals surface area (Å²) in [5.74, 6) is 0.152. The van der Waals surface area contributed by atoms with Gasteiger partial charge < -0.3 is 10.1 Å². The molecule has 0 bridgehead atoms. The zero-order valence-corrected chi connectivity index (χ0v) is 17.3. The fourth-order valence-corrected chi connectivity index (χ4v) is 3.95. The van der Waals surface area contributed by atoms with Gasteiger partial charge in [0.05, 0.1) is 18.6 Å². The van der Waals surface area contributed by atoms with Gasteiger partial charge in [-0.25, -0.2) is 8.42 Å². The Morgan fingerprint density at radius 1 is 1.26 bits per heavy atom. The molecule has 27 heavy (non-hydrogen) atoms. The number of hydrogen-bond donors (Lipinski definition) is 1. The summed E-state index contributed by atoms with van der Waals surface area (Å²) in [6.45, 7) is 5.71. The highest BCUT2D eigenvalue weighted by molar-refractivity contribution is 7.92. The maximum absolute atomic E-state index is 12.7. The van der Waals surface area contributed by atoms with Gasteiger partial charge in [0.2, 0.25) is 15.9 Å². The number of rotatable bonds is 7. The third kappa shape index (κ3) is 5.37. The van der Waals surface area contributed by atoms with Crippen LogP contribution in [0, 0.1) is 6.92 Å². The van der Waals surface area contributed by atoms with E-state index in [4.69, 9.17) is 16.3 Å². The molecule has 0 radical (unpaired) electrons. The van der Waals surface area contributed by atoms with E-state index in [1.165, 1.54) is 13.0 Å². The van der Waals surface area contributed by atoms with E-state index < -0.39 is 22.0 Å². The van der Waals surface area contributed by atoms with Gasteiger partial charge in [0.15, 0.2) is 0 Å². The summed E-state index contributed by atoms with van der Waals surface area (Å²) >= 11 is 6.13. The quantitative estimate of drug-likeness (QED) is 0.752. The molecule has 2 aromatic carbocycles. The molecule has 0 unspecified atom stereocenters. The van der Waals surface area contributed by atoms with Crippen LogP contribution in [0.1, 0.15) is 19.4 Å². The Morgan fingerprint density at radius 3 is 2.56 bits per heavy atom. The summed E-state index contributed by atoms with van der Waals surface area (Å²) < 4.78 is 31.2. The van der Waals surface area contributed by atoms with Crippen LogP contribution in [0.5, 0.6) is 5.75 Å². The van der Waals surface area contributed by atoms with Crippen molar-refractivity contribution < 1.29 is 17.9 Å². The fraction of sp³-hybridized carbons (Fsp3) is 0.316. The van der Waals surface area contributed by atoms with E-state index in [9.17, 15) is 13.2 Å². The molecule has 0 heterocycles. The number of amides is 1. The Hall–Kier alpha value is -2.25. The molecular weight excluding hydrogens is 388 g/mol. The van der Waals surface area contributed by atoms with Crippen LogP contribution in [0.4, 0.5) is 11.4 Å². The molecule has 1 amide bonds. The second kappa shape index (κ2) is 8.63. The summed E-state index contributed by atoms with van der Waals surface area (Å²) in [6.07, 6.45) is 1.06. The molecule has 0 saturated heterocycles. The van der Waals surface area contributed by atoms with E-state index in [-0.39, 0.29) is 0 Å². The molecule has 146 valence electrons. The molecule has 0 aromatic heterocycles. The molecule has 0 aliphatic rings. The summed E-state index contributed by atoms with van der Waals surface area (Å²) in [5.41, 5.74) is 1.67. The second-order valence-electron chi connectivity index (χ2n) is 6.12. The van der Waals surface area contributed by atoms with Gasteiger partial charge in [0, 0.05) is 16.8 Å². The van der Waals surface area contributed by atoms with E-state index in [1.807, 2.05) is 13.8 Å². The Bertz CT molecular complexity index is 931. The molecule has 0 aliphatic heterocycles. The lowest BCUT2D eigenvalue weighted by atomic mass is 10.2. The van der Waals surface area contributed by atoms with Crippen LogP contribution in [0.2, 0.25) is 5.02 Å². The molecule has 0 saturated carbocycles. The van der Waals surface area contributed by atoms with Crippen LogP contribution in [0.25, 0.3) is 0 Å². The van der Waals surface area contributed by atoms with Crippen molar-refractivity contribution in [2.24, 2.45) is 0 Å². The molecule has 1 atom stereocenters. The highest BCUT2D eigenvalue weighted by atomic mass is 35.5. The van der Waals surface area contributed by atoms with Crippen molar-refractivity contribution in [2.45, 2.75) is 26.8 Å². The molecular formula is C19H23ClN2O4S. The predicted molar refractivity (Wildman–Crippen MR) is 109 cm³/mol. The normalized spacial score (nSPS) is 12.3. The van der Waals surface area contributed by atoms with Crippen LogP contribution >= 0.6 is 11.6 Å². The van der Waals surface area contributed by atoms with Crippen molar-refractivity contribution in [3.8, 4) is 5.75 Å². The molecule has 2 aromatic rings. The summed E-state index contributed by atoms with van der Waals surface area (Å²) in [5, 5.41) is 3.16. The Kier molecular flexibility index (Phi) is 6.73. The van der Waals surface area contributed by atoms with Gasteiger partial charge in [0.1, 0.15) is 11.8 Å². The van der Waals surface area contributed by atoms with Gasteiger partial charge in [-0.1, -0.05) is 23.7 Å². The first-order valence-corrected chi connectivity index (χ1v) is 10.7. The van der Waals surface area contributed by atoms with Crippen LogP contribution in [0.15, 0.2) is 42.5 Å². The number of carbonyl (C=O) groups is 1. The molecule has 2 rings (SSSR count). The monoisotopic (exact) mass is 410 g/mol. The number of nitrogens with one attached hydrogen (secondary N) is 1. The number of hydrogen-bond acceptors (Lipinski definition) is 4. The molecule has 0 spiro atoms. The number of anilines is 2. The summed E-state index contributed by atoms with van der Waals surface area (Å²) in [6, 6.07) is 10.8. The maximum atomic E-state index is 12.7. The van der Waals surface area contributed by atoms with Gasteiger partial charge in [-0.15, -0.1) is 0 Å². The highest BCUT2D eigenvalue weighted by Crippen LogP contribution is 2.27. The smallest absolute Gasteiger partial charge is 0.247 e. The van der Waals surface area contributed by atoms with Gasteiger partial charge in [-0.3, -0.25) is 9.10 Å². The lowest BCUT2D eigenvalue weighted by molar-refractivity contribution is -0.116. The van der Waals surface area contributed by atoms with Crippen molar-refractivity contribution in [3.63, 3.8) is 0 Å². The topological polar surface area (TPSA) is 75.7 Å². The molecule has 1 N–H and O–H groups in total. The summed E-state index contributed by atoms with van der Waals surface area (Å²) in [7, 11) is -3.71. The number of sulfonamides is 1. The zero-order chi connectivity index (χ0) is 20.2. The average molecular weight is 411 g/mol. The Balaban J connectivity index is 2.29. The standard InChI is InChI=1S/C19H23ClN2O4S/c1-5-26-17-8-6-7-15(11-17)21-19(23)14(3)22(27(4,24)25)16-10-9-13(2)18(20)12-16/h6-12,14H,5H2,1-4H3,(H,21,23)/t14-/m1/s1. The van der Waals surface area contributed by atoms with Crippen LogP contribution in [-0.4, -0.2) is 33.2 Å². The van der Waals surface area contributed by atoms with E-state index >= 15 is 0 Å². The maximum Gasteiger partial charge on any atom is 0.247 e. The van der Waals surface area contributed by atoms with Gasteiger partial charge in [0.25, 0.3) is 0 Å². The van der Waals surface area contributed by atoms with Crippen molar-refractivity contribution in [1.29, 1.82) is 0 Å². The molecule has 0 fully saturated rings. The minimum absolute atomic E-state index is 0.332. The molecule has 8 heteroatoms. The number of ether oxygens (including phenoxy) is 1. The number of aryl methyl sites for hydroxylation is 1. The third-order valence-corrected chi connectivity index (χ3v) is 5.56. The average Bonchev–Trinajstić information content (AvgIpc) is 2.57. The van der Waals surface area contributed by atoms with Crippen molar-refractivity contribution in [2.75, 3.05) is 22.5 Å². The van der Waals surface area contributed by atoms with Crippen molar-refractivity contribution in [3.05, 3.63) is 53.1 Å². The minimum atomic E-state index is -3.71. The zero-order valence-electron chi connectivity index (χ0n) is 15.7. The van der Waals surface area contributed by atoms with Gasteiger partial charge in [-0.2, -0.15) is 0 Å². The Morgan fingerprint density at radius 2 is 1.96 bits per heavy atom. The van der Waals surface area contributed by atoms with Gasteiger partial charge in [-0.05, 0) is 50.6 Å². The SMILES string of the molecule is CCOc1cccc(NC(=O)[C@@H](C)N(c2ccc(C)c(Cl)c2)S(C)(=O)=O)c1. The van der Waals surface area contributed by atoms with E-state index in [1.54, 1.807) is 36.4 Å². The van der Waals surface area contributed by atoms with Crippen molar-refractivity contribution >= 4 is 38.9 Å². The highest BCUT2D eigenvalue weighted by Gasteiger charge is 2.29. The number of nitrogens with zero attached hydrogens (tertiary/aromatic N) is 1. The predicted octanol–water partition coefficient (Wildman–Crippen LogP) is 3.84. The lowest BCUT2D eigenvalue weighted by Crippen LogP contribution is -2.45. The first-order valence-electron chi connectivity index (χ1n) is 8.42. The number of carbonyl (C=O) groups excluding carboxylic acids is 1.